The average Bonchev–Trinajstić information content (AvgIpc) is 2.88. The van der Waals surface area contributed by atoms with Gasteiger partial charge < -0.3 is 9.73 Å². The molecule has 1 atom stereocenters. The van der Waals surface area contributed by atoms with Crippen molar-refractivity contribution in [2.45, 2.75) is 19.4 Å². The molecule has 1 heterocycles. The lowest BCUT2D eigenvalue weighted by molar-refractivity contribution is -0.121. The molecule has 0 radical (unpaired) electrons. The largest absolute Gasteiger partial charge is 0.467 e. The molecule has 0 aliphatic heterocycles. The molecule has 5 heteroatoms. The van der Waals surface area contributed by atoms with Crippen molar-refractivity contribution in [1.82, 2.24) is 5.32 Å². The summed E-state index contributed by atoms with van der Waals surface area (Å²) in [4.78, 5) is 11.8. The third-order valence-electron chi connectivity index (χ3n) is 2.75. The summed E-state index contributed by atoms with van der Waals surface area (Å²) < 4.78 is 18.7. The van der Waals surface area contributed by atoms with E-state index in [2.05, 4.69) is 5.32 Å². The van der Waals surface area contributed by atoms with E-state index in [1.807, 2.05) is 0 Å². The number of benzene rings is 1. The number of nitrogens with one attached hydrogen (secondary N) is 1. The van der Waals surface area contributed by atoms with Crippen LogP contribution in [0.1, 0.15) is 24.3 Å². The summed E-state index contributed by atoms with van der Waals surface area (Å²) in [5.74, 6) is -0.141. The molecule has 0 spiro atoms. The second kappa shape index (κ2) is 5.89. The minimum absolute atomic E-state index is 0.101. The molecular weight excluding hydrogens is 269 g/mol. The maximum atomic E-state index is 13.5. The monoisotopic (exact) mass is 281 g/mol. The van der Waals surface area contributed by atoms with Gasteiger partial charge in [-0.3, -0.25) is 4.79 Å². The van der Waals surface area contributed by atoms with E-state index >= 15 is 0 Å². The Hall–Kier alpha value is -1.81. The summed E-state index contributed by atoms with van der Waals surface area (Å²) >= 11 is 5.87. The van der Waals surface area contributed by atoms with Crippen LogP contribution < -0.4 is 5.32 Å². The number of hydrogen-bond donors (Lipinski definition) is 1. The second-order valence-corrected chi connectivity index (χ2v) is 4.59. The lowest BCUT2D eigenvalue weighted by atomic mass is 10.1. The molecule has 100 valence electrons. The first-order valence-corrected chi connectivity index (χ1v) is 6.21. The molecule has 0 saturated carbocycles. The van der Waals surface area contributed by atoms with Crippen LogP contribution in [0.2, 0.25) is 5.02 Å². The SMILES string of the molecule is C[C@@H](NC(=O)Cc1c(F)cccc1Cl)c1ccco1. The van der Waals surface area contributed by atoms with Gasteiger partial charge in [-0.1, -0.05) is 17.7 Å². The van der Waals surface area contributed by atoms with Crippen molar-refractivity contribution < 1.29 is 13.6 Å². The average molecular weight is 282 g/mol. The molecule has 1 aromatic carbocycles. The van der Waals surface area contributed by atoms with Gasteiger partial charge in [-0.25, -0.2) is 4.39 Å². The number of furan rings is 1. The predicted molar refractivity (Wildman–Crippen MR) is 70.4 cm³/mol. The van der Waals surface area contributed by atoms with Crippen molar-refractivity contribution in [2.75, 3.05) is 0 Å². The van der Waals surface area contributed by atoms with Gasteiger partial charge in [0.05, 0.1) is 18.7 Å². The number of rotatable bonds is 4. The first kappa shape index (κ1) is 13.6. The Morgan fingerprint density at radius 1 is 1.42 bits per heavy atom. The highest BCUT2D eigenvalue weighted by atomic mass is 35.5. The molecule has 2 rings (SSSR count). The van der Waals surface area contributed by atoms with E-state index in [1.165, 1.54) is 18.4 Å². The number of carbonyl (C=O) groups is 1. The van der Waals surface area contributed by atoms with Crippen molar-refractivity contribution in [2.24, 2.45) is 0 Å². The maximum absolute atomic E-state index is 13.5. The van der Waals surface area contributed by atoms with Crippen molar-refractivity contribution in [1.29, 1.82) is 0 Å². The zero-order valence-corrected chi connectivity index (χ0v) is 11.1. The van der Waals surface area contributed by atoms with Gasteiger partial charge in [0.25, 0.3) is 0 Å². The lowest BCUT2D eigenvalue weighted by Gasteiger charge is -2.12. The van der Waals surface area contributed by atoms with E-state index in [0.29, 0.717) is 5.76 Å². The fourth-order valence-corrected chi connectivity index (χ4v) is 1.99. The van der Waals surface area contributed by atoms with Crippen LogP contribution in [-0.2, 0) is 11.2 Å². The molecule has 0 saturated heterocycles. The van der Waals surface area contributed by atoms with Crippen molar-refractivity contribution in [3.63, 3.8) is 0 Å². The van der Waals surface area contributed by atoms with Crippen LogP contribution in [0.25, 0.3) is 0 Å². The third-order valence-corrected chi connectivity index (χ3v) is 3.10. The van der Waals surface area contributed by atoms with E-state index in [0.717, 1.165) is 0 Å². The van der Waals surface area contributed by atoms with Gasteiger partial charge in [-0.2, -0.15) is 0 Å². The Morgan fingerprint density at radius 3 is 2.84 bits per heavy atom. The molecule has 0 bridgehead atoms. The minimum Gasteiger partial charge on any atom is -0.467 e. The van der Waals surface area contributed by atoms with Gasteiger partial charge in [-0.15, -0.1) is 0 Å². The van der Waals surface area contributed by atoms with Gasteiger partial charge in [0.2, 0.25) is 5.91 Å². The molecular formula is C14H13ClFNO2. The smallest absolute Gasteiger partial charge is 0.225 e. The van der Waals surface area contributed by atoms with Crippen molar-refractivity contribution >= 4 is 17.5 Å². The molecule has 1 N–H and O–H groups in total. The zero-order valence-electron chi connectivity index (χ0n) is 10.3. The first-order chi connectivity index (χ1) is 9.08. The third kappa shape index (κ3) is 3.35. The standard InChI is InChI=1S/C14H13ClFNO2/c1-9(13-6-3-7-19-13)17-14(18)8-10-11(15)4-2-5-12(10)16/h2-7,9H,8H2,1H3,(H,17,18)/t9-/m1/s1. The summed E-state index contributed by atoms with van der Waals surface area (Å²) in [6, 6.07) is 7.58. The lowest BCUT2D eigenvalue weighted by Crippen LogP contribution is -2.28. The van der Waals surface area contributed by atoms with Crippen LogP contribution in [0, 0.1) is 5.82 Å². The molecule has 0 fully saturated rings. The molecule has 3 nitrogen and oxygen atoms in total. The highest BCUT2D eigenvalue weighted by Crippen LogP contribution is 2.20. The highest BCUT2D eigenvalue weighted by molar-refractivity contribution is 6.31. The zero-order chi connectivity index (χ0) is 13.8. The number of amides is 1. The predicted octanol–water partition coefficient (Wildman–Crippen LogP) is 3.49. The van der Waals surface area contributed by atoms with Crippen LogP contribution >= 0.6 is 11.6 Å². The van der Waals surface area contributed by atoms with Gasteiger partial charge in [0.15, 0.2) is 0 Å². The maximum Gasteiger partial charge on any atom is 0.225 e. The van der Waals surface area contributed by atoms with Gasteiger partial charge >= 0.3 is 0 Å². The molecule has 0 unspecified atom stereocenters. The normalized spacial score (nSPS) is 12.2. The van der Waals surface area contributed by atoms with Crippen LogP contribution in [0.3, 0.4) is 0 Å². The summed E-state index contributed by atoms with van der Waals surface area (Å²) in [6.07, 6.45) is 1.43. The second-order valence-electron chi connectivity index (χ2n) is 4.18. The van der Waals surface area contributed by atoms with Gasteiger partial charge in [0.1, 0.15) is 11.6 Å². The van der Waals surface area contributed by atoms with Gasteiger partial charge in [-0.05, 0) is 31.2 Å². The molecule has 1 aromatic heterocycles. The van der Waals surface area contributed by atoms with Crippen LogP contribution in [-0.4, -0.2) is 5.91 Å². The minimum atomic E-state index is -0.478. The Morgan fingerprint density at radius 2 is 2.21 bits per heavy atom. The molecule has 19 heavy (non-hydrogen) atoms. The molecule has 1 amide bonds. The highest BCUT2D eigenvalue weighted by Gasteiger charge is 2.15. The molecule has 0 aliphatic rings. The van der Waals surface area contributed by atoms with Crippen LogP contribution in [0.4, 0.5) is 4.39 Å². The molecule has 2 aromatic rings. The Bertz CT molecular complexity index is 549. The topological polar surface area (TPSA) is 42.2 Å². The quantitative estimate of drug-likeness (QED) is 0.932. The number of hydrogen-bond acceptors (Lipinski definition) is 2. The Balaban J connectivity index is 2.02. The summed E-state index contributed by atoms with van der Waals surface area (Å²) in [5.41, 5.74) is 0.202. The summed E-state index contributed by atoms with van der Waals surface area (Å²) in [6.45, 7) is 1.79. The summed E-state index contributed by atoms with van der Waals surface area (Å²) in [7, 11) is 0. The van der Waals surface area contributed by atoms with E-state index in [4.69, 9.17) is 16.0 Å². The van der Waals surface area contributed by atoms with Crippen LogP contribution in [0.15, 0.2) is 41.0 Å². The first-order valence-electron chi connectivity index (χ1n) is 5.83. The van der Waals surface area contributed by atoms with E-state index < -0.39 is 5.82 Å². The van der Waals surface area contributed by atoms with Crippen molar-refractivity contribution in [3.05, 3.63) is 58.8 Å². The Labute approximate surface area is 115 Å². The number of carbonyl (C=O) groups excluding carboxylic acids is 1. The van der Waals surface area contributed by atoms with Crippen LogP contribution in [0.5, 0.6) is 0 Å². The van der Waals surface area contributed by atoms with Crippen molar-refractivity contribution in [3.8, 4) is 0 Å². The molecule has 0 aliphatic carbocycles. The summed E-state index contributed by atoms with van der Waals surface area (Å²) in [5, 5.41) is 2.98. The van der Waals surface area contributed by atoms with Gasteiger partial charge in [0, 0.05) is 10.6 Å². The number of halogens is 2. The van der Waals surface area contributed by atoms with E-state index in [1.54, 1.807) is 25.1 Å². The van der Waals surface area contributed by atoms with E-state index in [9.17, 15) is 9.18 Å². The fourth-order valence-electron chi connectivity index (χ4n) is 1.76. The Kier molecular flexibility index (Phi) is 4.22. The van der Waals surface area contributed by atoms with E-state index in [-0.39, 0.29) is 29.0 Å². The fraction of sp³-hybridized carbons (Fsp3) is 0.214.